The summed E-state index contributed by atoms with van der Waals surface area (Å²) in [5.41, 5.74) is 0.0586. The molecule has 1 radical (unpaired) electrons. The topological polar surface area (TPSA) is 26.5 Å². The van der Waals surface area contributed by atoms with E-state index in [9.17, 15) is 13.2 Å². The Morgan fingerprint density at radius 2 is 1.79 bits per heavy atom. The van der Waals surface area contributed by atoms with Crippen LogP contribution in [0.5, 0.6) is 0 Å². The Morgan fingerprint density at radius 1 is 1.07 bits per heavy atom. The first-order valence-corrected chi connectivity index (χ1v) is 3.52. The van der Waals surface area contributed by atoms with Gasteiger partial charge in [0.1, 0.15) is 6.34 Å². The lowest BCUT2D eigenvalue weighted by atomic mass is 10.2. The maximum Gasteiger partial charge on any atom is 0.416 e. The summed E-state index contributed by atoms with van der Waals surface area (Å²) >= 11 is 0. The molecule has 75 valence electrons. The maximum atomic E-state index is 12.2. The van der Waals surface area contributed by atoms with Crippen LogP contribution in [0.3, 0.4) is 0 Å². The van der Waals surface area contributed by atoms with Crippen molar-refractivity contribution >= 4 is 30.1 Å². The number of hydrogen-bond acceptors (Lipinski definition) is 1. The Morgan fingerprint density at radius 3 is 2.43 bits per heavy atom. The molecule has 1 aliphatic heterocycles. The summed E-state index contributed by atoms with van der Waals surface area (Å²) < 4.78 is 36.5. The van der Waals surface area contributed by atoms with E-state index < -0.39 is 11.7 Å². The lowest BCUT2D eigenvalue weighted by Crippen LogP contribution is -2.04. The van der Waals surface area contributed by atoms with Crippen LogP contribution in [-0.2, 0) is 6.18 Å². The van der Waals surface area contributed by atoms with Gasteiger partial charge in [-0.1, -0.05) is 0 Å². The smallest absolute Gasteiger partial charge is 0.235 e. The second kappa shape index (κ2) is 3.49. The molecule has 0 aromatic heterocycles. The largest absolute Gasteiger partial charge is 0.416 e. The maximum absolute atomic E-state index is 12.2. The van der Waals surface area contributed by atoms with E-state index in [-0.39, 0.29) is 18.1 Å². The fraction of sp³-hybridized carbons (Fsp3) is 0.125. The molecule has 1 aromatic carbocycles. The predicted molar refractivity (Wildman–Crippen MR) is 48.6 cm³/mol. The molecule has 6 heteroatoms. The molecule has 0 saturated heterocycles. The fourth-order valence-electron chi connectivity index (χ4n) is 1.07. The summed E-state index contributed by atoms with van der Waals surface area (Å²) in [4.78, 5) is 3.76. The molecule has 0 bridgehead atoms. The third-order valence-electron chi connectivity index (χ3n) is 1.70. The van der Waals surface area contributed by atoms with Gasteiger partial charge in [0.05, 0.1) is 16.9 Å². The van der Waals surface area contributed by atoms with Crippen LogP contribution in [0.4, 0.5) is 24.5 Å². The Balaban J connectivity index is 0.000000980. The molecule has 2 nitrogen and oxygen atoms in total. The van der Waals surface area contributed by atoms with Gasteiger partial charge in [-0.05, 0) is 18.2 Å². The molecule has 0 saturated carbocycles. The van der Waals surface area contributed by atoms with Crippen molar-refractivity contribution in [1.29, 1.82) is 0 Å². The van der Waals surface area contributed by atoms with Gasteiger partial charge in [-0.3, -0.25) is 0 Å². The van der Waals surface area contributed by atoms with E-state index in [1.807, 2.05) is 0 Å². The third-order valence-corrected chi connectivity index (χ3v) is 1.70. The second-order valence-electron chi connectivity index (χ2n) is 2.57. The molecule has 2 rings (SSSR count). The SMILES string of the molecule is Cl.FC(F)(F)c1ccc2c(c1)[N]C=N2. The first-order chi connectivity index (χ1) is 6.07. The van der Waals surface area contributed by atoms with Crippen molar-refractivity contribution in [3.05, 3.63) is 23.8 Å². The highest BCUT2D eigenvalue weighted by Crippen LogP contribution is 2.36. The van der Waals surface area contributed by atoms with Crippen LogP contribution in [0.1, 0.15) is 5.56 Å². The van der Waals surface area contributed by atoms with Crippen molar-refractivity contribution in [3.8, 4) is 0 Å². The number of hydrogen-bond donors (Lipinski definition) is 0. The summed E-state index contributed by atoms with van der Waals surface area (Å²) in [7, 11) is 0. The predicted octanol–water partition coefficient (Wildman–Crippen LogP) is 3.04. The summed E-state index contributed by atoms with van der Waals surface area (Å²) in [6.07, 6.45) is -3.07. The monoisotopic (exact) mass is 221 g/mol. The van der Waals surface area contributed by atoms with Gasteiger partial charge in [0, 0.05) is 0 Å². The highest BCUT2D eigenvalue weighted by atomic mass is 35.5. The minimum absolute atomic E-state index is 0. The van der Waals surface area contributed by atoms with Crippen molar-refractivity contribution < 1.29 is 13.2 Å². The fourth-order valence-corrected chi connectivity index (χ4v) is 1.07. The molecule has 0 aliphatic carbocycles. The van der Waals surface area contributed by atoms with Crippen molar-refractivity contribution in [2.45, 2.75) is 6.18 Å². The van der Waals surface area contributed by atoms with Crippen LogP contribution >= 0.6 is 12.4 Å². The molecule has 1 aliphatic rings. The van der Waals surface area contributed by atoms with Crippen LogP contribution in [0.15, 0.2) is 23.2 Å². The summed E-state index contributed by atoms with van der Waals surface area (Å²) in [5.74, 6) is 0. The number of rotatable bonds is 0. The van der Waals surface area contributed by atoms with Crippen molar-refractivity contribution in [2.75, 3.05) is 0 Å². The number of alkyl halides is 3. The first-order valence-electron chi connectivity index (χ1n) is 3.52. The van der Waals surface area contributed by atoms with Gasteiger partial charge in [0.2, 0.25) is 0 Å². The standard InChI is InChI=1S/C8H4F3N2.ClH/c9-8(10,11)5-1-2-6-7(3-5)13-4-12-6;/h1-4H;1H. The minimum atomic E-state index is -4.31. The zero-order valence-electron chi connectivity index (χ0n) is 6.75. The van der Waals surface area contributed by atoms with Gasteiger partial charge < -0.3 is 0 Å². The van der Waals surface area contributed by atoms with E-state index in [1.54, 1.807) is 0 Å². The van der Waals surface area contributed by atoms with Gasteiger partial charge in [-0.15, -0.1) is 12.4 Å². The van der Waals surface area contributed by atoms with E-state index in [0.717, 1.165) is 12.1 Å². The second-order valence-corrected chi connectivity index (χ2v) is 2.57. The molecule has 14 heavy (non-hydrogen) atoms. The lowest BCUT2D eigenvalue weighted by molar-refractivity contribution is -0.137. The number of aliphatic imine (C=N–C) groups is 1. The lowest BCUT2D eigenvalue weighted by Gasteiger charge is -2.06. The van der Waals surface area contributed by atoms with E-state index >= 15 is 0 Å². The Kier molecular flexibility index (Phi) is 2.71. The number of halogens is 4. The zero-order chi connectivity index (χ0) is 9.47. The average molecular weight is 222 g/mol. The van der Waals surface area contributed by atoms with Crippen LogP contribution < -0.4 is 5.32 Å². The van der Waals surface area contributed by atoms with Gasteiger partial charge in [-0.25, -0.2) is 10.3 Å². The normalized spacial score (nSPS) is 13.1. The molecule has 0 amide bonds. The molecule has 1 aromatic rings. The van der Waals surface area contributed by atoms with Gasteiger partial charge >= 0.3 is 6.18 Å². The van der Waals surface area contributed by atoms with Crippen LogP contribution in [0.2, 0.25) is 0 Å². The Hall–Kier alpha value is -1.23. The minimum Gasteiger partial charge on any atom is -0.235 e. The Labute approximate surface area is 84.3 Å². The Bertz CT molecular complexity index is 373. The molecule has 1 heterocycles. The van der Waals surface area contributed by atoms with E-state index in [2.05, 4.69) is 10.3 Å². The summed E-state index contributed by atoms with van der Waals surface area (Å²) in [5, 5.41) is 3.68. The summed E-state index contributed by atoms with van der Waals surface area (Å²) in [6, 6.07) is 3.30. The van der Waals surface area contributed by atoms with Crippen LogP contribution in [-0.4, -0.2) is 6.34 Å². The van der Waals surface area contributed by atoms with E-state index in [0.29, 0.717) is 5.69 Å². The van der Waals surface area contributed by atoms with Gasteiger partial charge in [-0.2, -0.15) is 13.2 Å². The zero-order valence-corrected chi connectivity index (χ0v) is 7.56. The highest BCUT2D eigenvalue weighted by Gasteiger charge is 2.31. The quantitative estimate of drug-likeness (QED) is 0.644. The molecule has 0 atom stereocenters. The van der Waals surface area contributed by atoms with Gasteiger partial charge in [0.25, 0.3) is 0 Å². The van der Waals surface area contributed by atoms with Crippen LogP contribution in [0.25, 0.3) is 0 Å². The molecule has 0 N–H and O–H groups in total. The van der Waals surface area contributed by atoms with E-state index in [4.69, 9.17) is 0 Å². The number of nitrogens with zero attached hydrogens (tertiary/aromatic N) is 2. The molecule has 0 unspecified atom stereocenters. The summed E-state index contributed by atoms with van der Waals surface area (Å²) in [6.45, 7) is 0. The average Bonchev–Trinajstić information content (AvgIpc) is 2.47. The highest BCUT2D eigenvalue weighted by molar-refractivity contribution is 5.85. The molecular weight excluding hydrogens is 217 g/mol. The number of benzene rings is 1. The molecule has 0 fully saturated rings. The van der Waals surface area contributed by atoms with Crippen molar-refractivity contribution in [2.24, 2.45) is 4.99 Å². The molecular formula is C8H5ClF3N2. The van der Waals surface area contributed by atoms with Crippen molar-refractivity contribution in [3.63, 3.8) is 0 Å². The van der Waals surface area contributed by atoms with Crippen molar-refractivity contribution in [1.82, 2.24) is 5.32 Å². The van der Waals surface area contributed by atoms with E-state index in [1.165, 1.54) is 12.4 Å². The molecule has 0 spiro atoms. The van der Waals surface area contributed by atoms with Crippen LogP contribution in [0, 0.1) is 0 Å². The third kappa shape index (κ3) is 1.82. The first kappa shape index (κ1) is 10.8. The van der Waals surface area contributed by atoms with Gasteiger partial charge in [0.15, 0.2) is 0 Å². The number of fused-ring (bicyclic) bond motifs is 1.